The Labute approximate surface area is 177 Å². The van der Waals surface area contributed by atoms with Crippen molar-refractivity contribution in [2.75, 3.05) is 7.11 Å². The van der Waals surface area contributed by atoms with Crippen LogP contribution in [0.1, 0.15) is 46.9 Å². The number of rotatable bonds is 4. The molecule has 0 saturated carbocycles. The number of fused-ring (bicyclic) bond motifs is 1. The molecule has 4 rings (SSSR count). The molecule has 9 heteroatoms. The summed E-state index contributed by atoms with van der Waals surface area (Å²) in [5, 5.41) is 16.5. The molecule has 0 saturated heterocycles. The van der Waals surface area contributed by atoms with E-state index in [0.29, 0.717) is 18.7 Å². The van der Waals surface area contributed by atoms with E-state index >= 15 is 0 Å². The average Bonchev–Trinajstić information content (AvgIpc) is 3.10. The van der Waals surface area contributed by atoms with E-state index in [0.717, 1.165) is 36.9 Å². The summed E-state index contributed by atoms with van der Waals surface area (Å²) in [6.07, 6.45) is 3.43. The van der Waals surface area contributed by atoms with Gasteiger partial charge in [0.1, 0.15) is 5.82 Å². The summed E-state index contributed by atoms with van der Waals surface area (Å²) in [7, 11) is 1.45. The number of aromatic nitrogens is 3. The normalized spacial score (nSPS) is 15.5. The van der Waals surface area contributed by atoms with Crippen molar-refractivity contribution >= 4 is 5.91 Å². The molecule has 1 amide bonds. The standard InChI is InChI=1S/C22H19F2N5O2/c1-31-21-9-16(17(24)12-26-21)19-10-20-18(4-2-3-5-29(20)28-19)27-22(30)14-6-13(11-25)7-15(23)8-14/h6-10,12,18H,2-5H2,1H3,(H,27,30)/t18-/m0/s1. The van der Waals surface area contributed by atoms with Gasteiger partial charge in [0.2, 0.25) is 5.88 Å². The van der Waals surface area contributed by atoms with E-state index in [2.05, 4.69) is 15.4 Å². The van der Waals surface area contributed by atoms with Gasteiger partial charge in [0.05, 0.1) is 42.4 Å². The SMILES string of the molecule is COc1cc(-c2cc3n(n2)CCCC[C@@H]3NC(=O)c2cc(F)cc(C#N)c2)c(F)cn1. The number of carbonyl (C=O) groups excluding carboxylic acids is 1. The van der Waals surface area contributed by atoms with Crippen LogP contribution in [0.4, 0.5) is 8.78 Å². The van der Waals surface area contributed by atoms with Crippen molar-refractivity contribution in [2.24, 2.45) is 0 Å². The van der Waals surface area contributed by atoms with Crippen molar-refractivity contribution in [1.29, 1.82) is 5.26 Å². The second-order valence-corrected chi connectivity index (χ2v) is 7.25. The Morgan fingerprint density at radius 2 is 2.10 bits per heavy atom. The number of nitrogens with one attached hydrogen (secondary N) is 1. The summed E-state index contributed by atoms with van der Waals surface area (Å²) < 4.78 is 35.0. The molecule has 158 valence electrons. The highest BCUT2D eigenvalue weighted by Gasteiger charge is 2.25. The van der Waals surface area contributed by atoms with Crippen LogP contribution in [0.15, 0.2) is 36.5 Å². The van der Waals surface area contributed by atoms with E-state index in [1.54, 1.807) is 10.7 Å². The summed E-state index contributed by atoms with van der Waals surface area (Å²) >= 11 is 0. The number of aryl methyl sites for hydroxylation is 1. The van der Waals surface area contributed by atoms with Crippen LogP contribution in [0.5, 0.6) is 5.88 Å². The Morgan fingerprint density at radius 1 is 1.26 bits per heavy atom. The molecule has 1 aromatic carbocycles. The molecular weight excluding hydrogens is 404 g/mol. The summed E-state index contributed by atoms with van der Waals surface area (Å²) in [6, 6.07) is 8.17. The Bertz CT molecular complexity index is 1190. The summed E-state index contributed by atoms with van der Waals surface area (Å²) in [4.78, 5) is 16.6. The molecule has 2 aromatic heterocycles. The van der Waals surface area contributed by atoms with E-state index in [4.69, 9.17) is 10.00 Å². The monoisotopic (exact) mass is 423 g/mol. The largest absolute Gasteiger partial charge is 0.481 e. The topological polar surface area (TPSA) is 92.8 Å². The van der Waals surface area contributed by atoms with E-state index in [9.17, 15) is 13.6 Å². The van der Waals surface area contributed by atoms with Crippen LogP contribution in [-0.2, 0) is 6.54 Å². The lowest BCUT2D eigenvalue weighted by atomic mass is 10.0. The third kappa shape index (κ3) is 4.23. The lowest BCUT2D eigenvalue weighted by molar-refractivity contribution is 0.0933. The number of nitriles is 1. The highest BCUT2D eigenvalue weighted by Crippen LogP contribution is 2.31. The number of hydrogen-bond donors (Lipinski definition) is 1. The molecule has 1 aliphatic rings. The van der Waals surface area contributed by atoms with Crippen molar-refractivity contribution in [2.45, 2.75) is 31.8 Å². The molecule has 31 heavy (non-hydrogen) atoms. The quantitative estimate of drug-likeness (QED) is 0.690. The fourth-order valence-electron chi connectivity index (χ4n) is 3.68. The molecule has 0 fully saturated rings. The molecule has 3 heterocycles. The van der Waals surface area contributed by atoms with Crippen LogP contribution in [0, 0.1) is 23.0 Å². The fourth-order valence-corrected chi connectivity index (χ4v) is 3.68. The van der Waals surface area contributed by atoms with Crippen LogP contribution < -0.4 is 10.1 Å². The first kappa shape index (κ1) is 20.5. The van der Waals surface area contributed by atoms with E-state index in [-0.39, 0.29) is 22.6 Å². The van der Waals surface area contributed by atoms with Crippen molar-refractivity contribution in [1.82, 2.24) is 20.1 Å². The van der Waals surface area contributed by atoms with Gasteiger partial charge in [-0.15, -0.1) is 0 Å². The predicted octanol–water partition coefficient (Wildman–Crippen LogP) is 3.76. The first-order chi connectivity index (χ1) is 15.0. The van der Waals surface area contributed by atoms with Crippen LogP contribution in [0.25, 0.3) is 11.3 Å². The van der Waals surface area contributed by atoms with Crippen LogP contribution >= 0.6 is 0 Å². The van der Waals surface area contributed by atoms with Crippen molar-refractivity contribution in [3.8, 4) is 23.2 Å². The zero-order chi connectivity index (χ0) is 22.0. The maximum Gasteiger partial charge on any atom is 0.251 e. The number of nitrogens with zero attached hydrogens (tertiary/aromatic N) is 4. The Morgan fingerprint density at radius 3 is 2.87 bits per heavy atom. The molecule has 0 bridgehead atoms. The van der Waals surface area contributed by atoms with Crippen LogP contribution in [0.2, 0.25) is 0 Å². The number of ether oxygens (including phenoxy) is 1. The molecule has 7 nitrogen and oxygen atoms in total. The summed E-state index contributed by atoms with van der Waals surface area (Å²) in [5.74, 6) is -1.41. The van der Waals surface area contributed by atoms with Gasteiger partial charge in [0, 0.05) is 23.7 Å². The van der Waals surface area contributed by atoms with Gasteiger partial charge in [0.15, 0.2) is 5.82 Å². The van der Waals surface area contributed by atoms with Crippen molar-refractivity contribution in [3.05, 3.63) is 65.0 Å². The van der Waals surface area contributed by atoms with Crippen LogP contribution in [0.3, 0.4) is 0 Å². The number of amides is 1. The minimum Gasteiger partial charge on any atom is -0.481 e. The van der Waals surface area contributed by atoms with Gasteiger partial charge in [-0.1, -0.05) is 0 Å². The molecule has 3 aromatic rings. The minimum absolute atomic E-state index is 0.0667. The number of halogens is 2. The first-order valence-electron chi connectivity index (χ1n) is 9.77. The number of carbonyl (C=O) groups is 1. The molecule has 0 radical (unpaired) electrons. The zero-order valence-electron chi connectivity index (χ0n) is 16.7. The molecule has 0 unspecified atom stereocenters. The van der Waals surface area contributed by atoms with Crippen LogP contribution in [-0.4, -0.2) is 27.8 Å². The number of methoxy groups -OCH3 is 1. The van der Waals surface area contributed by atoms with Crippen molar-refractivity contribution in [3.63, 3.8) is 0 Å². The average molecular weight is 423 g/mol. The van der Waals surface area contributed by atoms with E-state index < -0.39 is 23.6 Å². The molecule has 1 atom stereocenters. The summed E-state index contributed by atoms with van der Waals surface area (Å²) in [6.45, 7) is 0.629. The lowest BCUT2D eigenvalue weighted by Gasteiger charge is -2.17. The highest BCUT2D eigenvalue weighted by atomic mass is 19.1. The minimum atomic E-state index is -0.653. The van der Waals surface area contributed by atoms with Gasteiger partial charge in [-0.05, 0) is 43.5 Å². The first-order valence-corrected chi connectivity index (χ1v) is 9.77. The van der Waals surface area contributed by atoms with Gasteiger partial charge in [0.25, 0.3) is 5.91 Å². The predicted molar refractivity (Wildman–Crippen MR) is 107 cm³/mol. The lowest BCUT2D eigenvalue weighted by Crippen LogP contribution is -2.29. The summed E-state index contributed by atoms with van der Waals surface area (Å²) in [5.41, 5.74) is 1.53. The van der Waals surface area contributed by atoms with Gasteiger partial charge in [-0.3, -0.25) is 9.48 Å². The van der Waals surface area contributed by atoms with Gasteiger partial charge in [-0.2, -0.15) is 10.4 Å². The van der Waals surface area contributed by atoms with Gasteiger partial charge < -0.3 is 10.1 Å². The van der Waals surface area contributed by atoms with Gasteiger partial charge >= 0.3 is 0 Å². The zero-order valence-corrected chi connectivity index (χ0v) is 16.7. The maximum absolute atomic E-state index is 14.4. The Balaban J connectivity index is 1.66. The second-order valence-electron chi connectivity index (χ2n) is 7.25. The number of benzene rings is 1. The molecule has 0 aliphatic carbocycles. The van der Waals surface area contributed by atoms with E-state index in [1.807, 2.05) is 6.07 Å². The molecule has 1 N–H and O–H groups in total. The molecule has 1 aliphatic heterocycles. The maximum atomic E-state index is 14.4. The Kier molecular flexibility index (Phi) is 5.62. The Hall–Kier alpha value is -3.80. The highest BCUT2D eigenvalue weighted by molar-refractivity contribution is 5.94. The smallest absolute Gasteiger partial charge is 0.251 e. The van der Waals surface area contributed by atoms with Crippen molar-refractivity contribution < 1.29 is 18.3 Å². The number of hydrogen-bond acceptors (Lipinski definition) is 5. The number of pyridine rings is 1. The molecular formula is C22H19F2N5O2. The molecule has 0 spiro atoms. The third-order valence-corrected chi connectivity index (χ3v) is 5.19. The van der Waals surface area contributed by atoms with Gasteiger partial charge in [-0.25, -0.2) is 13.8 Å². The fraction of sp³-hybridized carbons (Fsp3) is 0.273. The second kappa shape index (κ2) is 8.52. The third-order valence-electron chi connectivity index (χ3n) is 5.19. The van der Waals surface area contributed by atoms with E-state index in [1.165, 1.54) is 19.2 Å².